The molecule has 10 nitrogen and oxygen atoms in total. The van der Waals surface area contributed by atoms with Gasteiger partial charge in [0.25, 0.3) is 0 Å². The van der Waals surface area contributed by atoms with E-state index in [0.29, 0.717) is 40.9 Å². The number of benzene rings is 1. The molecule has 0 radical (unpaired) electrons. The van der Waals surface area contributed by atoms with Gasteiger partial charge in [-0.3, -0.25) is 10.0 Å². The highest BCUT2D eigenvalue weighted by Gasteiger charge is 2.20. The van der Waals surface area contributed by atoms with Crippen LogP contribution in [0.1, 0.15) is 12.8 Å². The van der Waals surface area contributed by atoms with Crippen molar-refractivity contribution >= 4 is 48.0 Å². The number of carbonyl (C=O) groups excluding carboxylic acids is 1. The normalized spacial score (nSPS) is 12.5. The van der Waals surface area contributed by atoms with Crippen LogP contribution in [-0.2, 0) is 11.3 Å². The summed E-state index contributed by atoms with van der Waals surface area (Å²) < 4.78 is 12.8. The van der Waals surface area contributed by atoms with Crippen LogP contribution in [0.5, 0.6) is 11.5 Å². The topological polar surface area (TPSA) is 137 Å². The SMILES string of the molecule is Bc1cc2c(cc1Sc1nc3c(N)ncnc3n1CCCC(=O)NO)OCO2. The Labute approximate surface area is 164 Å². The molecule has 2 aromatic heterocycles. The standard InChI is InChI=1S/C16H17BN6O4S/c17-8-4-9-10(27-7-26-9)5-11(8)28-16-21-13-14(18)19-6-20-15(13)23(16)3-1-2-12(24)22-25/h4-6,25H,1-3,7,17H2,(H,22,24)(H2,18,19,20). The molecule has 0 saturated carbocycles. The Morgan fingerprint density at radius 3 is 2.93 bits per heavy atom. The van der Waals surface area contributed by atoms with Gasteiger partial charge in [0.05, 0.1) is 0 Å². The van der Waals surface area contributed by atoms with Crippen molar-refractivity contribution in [3.05, 3.63) is 18.5 Å². The predicted molar refractivity (Wildman–Crippen MR) is 104 cm³/mol. The Bertz CT molecular complexity index is 1060. The molecule has 1 amide bonds. The summed E-state index contributed by atoms with van der Waals surface area (Å²) >= 11 is 1.45. The van der Waals surface area contributed by atoms with E-state index in [2.05, 4.69) is 15.0 Å². The molecule has 0 aliphatic carbocycles. The van der Waals surface area contributed by atoms with Crippen molar-refractivity contribution < 1.29 is 19.5 Å². The van der Waals surface area contributed by atoms with Crippen LogP contribution in [0.3, 0.4) is 0 Å². The average molecular weight is 400 g/mol. The van der Waals surface area contributed by atoms with Gasteiger partial charge in [-0.1, -0.05) is 17.2 Å². The molecule has 144 valence electrons. The highest BCUT2D eigenvalue weighted by molar-refractivity contribution is 7.99. The van der Waals surface area contributed by atoms with Crippen molar-refractivity contribution in [1.29, 1.82) is 0 Å². The van der Waals surface area contributed by atoms with Gasteiger partial charge >= 0.3 is 0 Å². The van der Waals surface area contributed by atoms with Gasteiger partial charge in [0.2, 0.25) is 12.7 Å². The number of hydroxylamine groups is 1. The fourth-order valence-corrected chi connectivity index (χ4v) is 3.91. The number of nitrogens with one attached hydrogen (secondary N) is 1. The second-order valence-electron chi connectivity index (χ2n) is 6.19. The predicted octanol–water partition coefficient (Wildman–Crippen LogP) is -0.168. The molecule has 1 aliphatic heterocycles. The maximum atomic E-state index is 11.3. The van der Waals surface area contributed by atoms with Crippen LogP contribution < -0.4 is 26.2 Å². The summed E-state index contributed by atoms with van der Waals surface area (Å²) in [5.74, 6) is 1.26. The van der Waals surface area contributed by atoms with Gasteiger partial charge in [0.15, 0.2) is 33.6 Å². The number of nitrogens with zero attached hydrogens (tertiary/aromatic N) is 4. The minimum absolute atomic E-state index is 0.171. The van der Waals surface area contributed by atoms with E-state index in [0.717, 1.165) is 16.1 Å². The Balaban J connectivity index is 1.69. The number of aryl methyl sites for hydroxylation is 1. The molecular weight excluding hydrogens is 383 g/mol. The molecule has 1 aromatic carbocycles. The Morgan fingerprint density at radius 2 is 2.14 bits per heavy atom. The molecule has 1 aliphatic rings. The largest absolute Gasteiger partial charge is 0.454 e. The minimum atomic E-state index is -0.445. The Hall–Kier alpha value is -2.99. The van der Waals surface area contributed by atoms with Crippen LogP contribution in [0.4, 0.5) is 5.82 Å². The third kappa shape index (κ3) is 3.43. The van der Waals surface area contributed by atoms with Crippen LogP contribution in [-0.4, -0.2) is 45.3 Å². The highest BCUT2D eigenvalue weighted by Crippen LogP contribution is 2.37. The van der Waals surface area contributed by atoms with Crippen molar-refractivity contribution in [2.45, 2.75) is 29.4 Å². The first-order valence-electron chi connectivity index (χ1n) is 8.54. The van der Waals surface area contributed by atoms with E-state index < -0.39 is 5.91 Å². The molecule has 4 N–H and O–H groups in total. The summed E-state index contributed by atoms with van der Waals surface area (Å²) in [4.78, 5) is 25.2. The fraction of sp³-hybridized carbons (Fsp3) is 0.250. The lowest BCUT2D eigenvalue weighted by atomic mass is 9.96. The zero-order chi connectivity index (χ0) is 19.7. The van der Waals surface area contributed by atoms with Crippen LogP contribution in [0.25, 0.3) is 11.2 Å². The third-order valence-electron chi connectivity index (χ3n) is 4.31. The van der Waals surface area contributed by atoms with Crippen molar-refractivity contribution in [1.82, 2.24) is 25.0 Å². The van der Waals surface area contributed by atoms with E-state index >= 15 is 0 Å². The highest BCUT2D eigenvalue weighted by atomic mass is 32.2. The van der Waals surface area contributed by atoms with Crippen LogP contribution >= 0.6 is 11.8 Å². The molecule has 0 atom stereocenters. The summed E-state index contributed by atoms with van der Waals surface area (Å²) in [5, 5.41) is 9.35. The molecule has 28 heavy (non-hydrogen) atoms. The van der Waals surface area contributed by atoms with E-state index in [1.54, 1.807) is 5.48 Å². The van der Waals surface area contributed by atoms with Crippen molar-refractivity contribution in [3.63, 3.8) is 0 Å². The van der Waals surface area contributed by atoms with Gasteiger partial charge in [-0.25, -0.2) is 20.4 Å². The molecular formula is C16H17BN6O4S. The summed E-state index contributed by atoms with van der Waals surface area (Å²) in [6.45, 7) is 0.687. The number of hydrogen-bond donors (Lipinski definition) is 3. The number of nitrogen functional groups attached to an aromatic ring is 1. The maximum absolute atomic E-state index is 11.3. The zero-order valence-electron chi connectivity index (χ0n) is 15.0. The summed E-state index contributed by atoms with van der Waals surface area (Å²) in [6.07, 6.45) is 2.05. The van der Waals surface area contributed by atoms with Crippen LogP contribution in [0.15, 0.2) is 28.5 Å². The van der Waals surface area contributed by atoms with Crippen LogP contribution in [0, 0.1) is 0 Å². The number of anilines is 1. The van der Waals surface area contributed by atoms with Crippen LogP contribution in [0.2, 0.25) is 0 Å². The Morgan fingerprint density at radius 1 is 1.36 bits per heavy atom. The van der Waals surface area contributed by atoms with Gasteiger partial charge in [0, 0.05) is 17.9 Å². The van der Waals surface area contributed by atoms with E-state index in [-0.39, 0.29) is 13.2 Å². The second kappa shape index (κ2) is 7.56. The van der Waals surface area contributed by atoms with E-state index in [1.807, 2.05) is 24.5 Å². The number of fused-ring (bicyclic) bond motifs is 2. The fourth-order valence-electron chi connectivity index (χ4n) is 2.90. The summed E-state index contributed by atoms with van der Waals surface area (Å²) in [6, 6.07) is 3.84. The summed E-state index contributed by atoms with van der Waals surface area (Å²) in [5.41, 5.74) is 9.73. The van der Waals surface area contributed by atoms with Gasteiger partial charge in [-0.05, 0) is 18.6 Å². The minimum Gasteiger partial charge on any atom is -0.454 e. The molecule has 0 spiro atoms. The number of amides is 1. The smallest absolute Gasteiger partial charge is 0.243 e. The lowest BCUT2D eigenvalue weighted by Crippen LogP contribution is -2.18. The maximum Gasteiger partial charge on any atom is 0.243 e. The first-order valence-corrected chi connectivity index (χ1v) is 9.36. The zero-order valence-corrected chi connectivity index (χ0v) is 15.8. The van der Waals surface area contributed by atoms with Gasteiger partial charge < -0.3 is 19.8 Å². The van der Waals surface area contributed by atoms with Gasteiger partial charge in [0.1, 0.15) is 14.2 Å². The van der Waals surface area contributed by atoms with E-state index in [1.165, 1.54) is 18.1 Å². The Kier molecular flexibility index (Phi) is 4.96. The van der Waals surface area contributed by atoms with Crippen molar-refractivity contribution in [2.75, 3.05) is 12.5 Å². The first-order chi connectivity index (χ1) is 13.6. The molecule has 0 bridgehead atoms. The quantitative estimate of drug-likeness (QED) is 0.293. The van der Waals surface area contributed by atoms with Gasteiger partial charge in [-0.15, -0.1) is 0 Å². The number of ether oxygens (including phenoxy) is 2. The number of hydrogen-bond acceptors (Lipinski definition) is 9. The number of rotatable bonds is 6. The average Bonchev–Trinajstić information content (AvgIpc) is 3.27. The second-order valence-corrected chi connectivity index (χ2v) is 7.20. The molecule has 4 rings (SSSR count). The molecule has 0 unspecified atom stereocenters. The molecule has 0 fully saturated rings. The first kappa shape index (κ1) is 18.4. The molecule has 0 saturated heterocycles. The molecule has 3 heterocycles. The number of imidazole rings is 1. The number of carbonyl (C=O) groups is 1. The van der Waals surface area contributed by atoms with Crippen molar-refractivity contribution in [2.24, 2.45) is 0 Å². The molecule has 3 aromatic rings. The van der Waals surface area contributed by atoms with E-state index in [4.69, 9.17) is 20.4 Å². The summed E-state index contributed by atoms with van der Waals surface area (Å²) in [7, 11) is 1.98. The van der Waals surface area contributed by atoms with E-state index in [9.17, 15) is 4.79 Å². The van der Waals surface area contributed by atoms with Crippen molar-refractivity contribution in [3.8, 4) is 11.5 Å². The monoisotopic (exact) mass is 400 g/mol. The number of aromatic nitrogens is 4. The van der Waals surface area contributed by atoms with Gasteiger partial charge in [-0.2, -0.15) is 0 Å². The molecule has 12 heteroatoms. The lowest BCUT2D eigenvalue weighted by Gasteiger charge is -2.10. The lowest BCUT2D eigenvalue weighted by molar-refractivity contribution is -0.129. The third-order valence-corrected chi connectivity index (χ3v) is 5.46. The number of nitrogens with two attached hydrogens (primary N) is 1.